The molecule has 0 aliphatic rings. The van der Waals surface area contributed by atoms with Crippen molar-refractivity contribution in [3.63, 3.8) is 0 Å². The van der Waals surface area contributed by atoms with Crippen molar-refractivity contribution in [2.75, 3.05) is 0 Å². The third kappa shape index (κ3) is 3.47. The van der Waals surface area contributed by atoms with E-state index in [0.717, 1.165) is 11.3 Å². The van der Waals surface area contributed by atoms with Crippen molar-refractivity contribution in [3.8, 4) is 5.75 Å². The Labute approximate surface area is 97.2 Å². The highest BCUT2D eigenvalue weighted by atomic mass is 16.5. The third-order valence-corrected chi connectivity index (χ3v) is 2.31. The van der Waals surface area contributed by atoms with Gasteiger partial charge in [-0.15, -0.1) is 0 Å². The predicted octanol–water partition coefficient (Wildman–Crippen LogP) is 2.03. The number of rotatable bonds is 5. The zero-order valence-electron chi connectivity index (χ0n) is 10.4. The van der Waals surface area contributed by atoms with Gasteiger partial charge in [0.25, 0.3) is 0 Å². The molecule has 90 valence electrons. The first kappa shape index (κ1) is 12.9. The van der Waals surface area contributed by atoms with Crippen LogP contribution in [0.4, 0.5) is 0 Å². The van der Waals surface area contributed by atoms with Gasteiger partial charge in [0.1, 0.15) is 5.75 Å². The zero-order chi connectivity index (χ0) is 12.1. The molecule has 0 aliphatic heterocycles. The average molecular weight is 223 g/mol. The highest BCUT2D eigenvalue weighted by molar-refractivity contribution is 5.26. The van der Waals surface area contributed by atoms with Gasteiger partial charge in [0.15, 0.2) is 0 Å². The standard InChI is InChI=1S/C12H21N3O/c1-8(2)12(15-13)10-5-11(7-14-6-10)16-9(3)4/h5-9,12,15H,13H2,1-4H3. The van der Waals surface area contributed by atoms with E-state index in [2.05, 4.69) is 24.3 Å². The second-order valence-corrected chi connectivity index (χ2v) is 4.51. The van der Waals surface area contributed by atoms with Crippen LogP contribution in [0.1, 0.15) is 39.3 Å². The monoisotopic (exact) mass is 223 g/mol. The molecule has 0 spiro atoms. The first-order valence-electron chi connectivity index (χ1n) is 5.62. The number of aromatic nitrogens is 1. The first-order valence-corrected chi connectivity index (χ1v) is 5.62. The van der Waals surface area contributed by atoms with E-state index in [0.29, 0.717) is 5.92 Å². The van der Waals surface area contributed by atoms with Crippen molar-refractivity contribution in [1.29, 1.82) is 0 Å². The van der Waals surface area contributed by atoms with Crippen molar-refractivity contribution in [3.05, 3.63) is 24.0 Å². The van der Waals surface area contributed by atoms with Crippen molar-refractivity contribution in [1.82, 2.24) is 10.4 Å². The van der Waals surface area contributed by atoms with Crippen LogP contribution >= 0.6 is 0 Å². The number of pyridine rings is 1. The Morgan fingerprint density at radius 2 is 1.94 bits per heavy atom. The van der Waals surface area contributed by atoms with Crippen molar-refractivity contribution >= 4 is 0 Å². The third-order valence-electron chi connectivity index (χ3n) is 2.31. The Morgan fingerprint density at radius 3 is 2.44 bits per heavy atom. The van der Waals surface area contributed by atoms with Gasteiger partial charge in [-0.2, -0.15) is 0 Å². The van der Waals surface area contributed by atoms with E-state index < -0.39 is 0 Å². The Morgan fingerprint density at radius 1 is 1.25 bits per heavy atom. The van der Waals surface area contributed by atoms with Crippen LogP contribution in [0.3, 0.4) is 0 Å². The van der Waals surface area contributed by atoms with Crippen LogP contribution in [0.2, 0.25) is 0 Å². The number of ether oxygens (including phenoxy) is 1. The van der Waals surface area contributed by atoms with Crippen molar-refractivity contribution in [2.45, 2.75) is 39.8 Å². The normalized spacial score (nSPS) is 13.2. The molecule has 4 nitrogen and oxygen atoms in total. The van der Waals surface area contributed by atoms with E-state index in [1.807, 2.05) is 26.1 Å². The first-order chi connectivity index (χ1) is 7.54. The molecule has 0 saturated heterocycles. The lowest BCUT2D eigenvalue weighted by molar-refractivity contribution is 0.240. The molecule has 0 amide bonds. The minimum Gasteiger partial charge on any atom is -0.489 e. The number of nitrogens with zero attached hydrogens (tertiary/aromatic N) is 1. The predicted molar refractivity (Wildman–Crippen MR) is 64.9 cm³/mol. The van der Waals surface area contributed by atoms with Crippen LogP contribution in [0.5, 0.6) is 5.75 Å². The summed E-state index contributed by atoms with van der Waals surface area (Å²) in [5.74, 6) is 6.73. The Hall–Kier alpha value is -1.13. The van der Waals surface area contributed by atoms with Crippen LogP contribution in [0.15, 0.2) is 18.5 Å². The summed E-state index contributed by atoms with van der Waals surface area (Å²) < 4.78 is 5.60. The van der Waals surface area contributed by atoms with E-state index in [-0.39, 0.29) is 12.1 Å². The van der Waals surface area contributed by atoms with Crippen LogP contribution in [-0.4, -0.2) is 11.1 Å². The molecule has 3 N–H and O–H groups in total. The second-order valence-electron chi connectivity index (χ2n) is 4.51. The zero-order valence-corrected chi connectivity index (χ0v) is 10.4. The number of nitrogens with two attached hydrogens (primary N) is 1. The molecule has 0 fully saturated rings. The Bertz CT molecular complexity index is 326. The Kier molecular flexibility index (Phi) is 4.71. The minimum atomic E-state index is 0.100. The number of hydrazine groups is 1. The summed E-state index contributed by atoms with van der Waals surface area (Å²) in [4.78, 5) is 4.17. The maximum Gasteiger partial charge on any atom is 0.138 e. The van der Waals surface area contributed by atoms with Gasteiger partial charge < -0.3 is 4.74 Å². The van der Waals surface area contributed by atoms with Gasteiger partial charge in [-0.25, -0.2) is 0 Å². The summed E-state index contributed by atoms with van der Waals surface area (Å²) >= 11 is 0. The highest BCUT2D eigenvalue weighted by Crippen LogP contribution is 2.23. The number of nitrogens with one attached hydrogen (secondary N) is 1. The molecule has 0 radical (unpaired) electrons. The van der Waals surface area contributed by atoms with E-state index in [4.69, 9.17) is 10.6 Å². The van der Waals surface area contributed by atoms with Crippen LogP contribution in [-0.2, 0) is 0 Å². The van der Waals surface area contributed by atoms with E-state index in [1.54, 1.807) is 6.20 Å². The summed E-state index contributed by atoms with van der Waals surface area (Å²) in [5.41, 5.74) is 3.85. The maximum atomic E-state index is 5.60. The average Bonchev–Trinajstić information content (AvgIpc) is 2.17. The molecule has 1 atom stereocenters. The minimum absolute atomic E-state index is 0.100. The van der Waals surface area contributed by atoms with Gasteiger partial charge in [0.05, 0.1) is 12.3 Å². The second kappa shape index (κ2) is 5.82. The largest absolute Gasteiger partial charge is 0.489 e. The molecule has 1 rings (SSSR count). The van der Waals surface area contributed by atoms with Gasteiger partial charge >= 0.3 is 0 Å². The molecular weight excluding hydrogens is 202 g/mol. The van der Waals surface area contributed by atoms with Gasteiger partial charge in [-0.05, 0) is 31.4 Å². The number of hydrogen-bond acceptors (Lipinski definition) is 4. The molecule has 1 heterocycles. The van der Waals surface area contributed by atoms with Crippen LogP contribution in [0.25, 0.3) is 0 Å². The fraction of sp³-hybridized carbons (Fsp3) is 0.583. The lowest BCUT2D eigenvalue weighted by Crippen LogP contribution is -2.31. The maximum absolute atomic E-state index is 5.60. The van der Waals surface area contributed by atoms with Gasteiger partial charge in [0.2, 0.25) is 0 Å². The lowest BCUT2D eigenvalue weighted by Gasteiger charge is -2.20. The van der Waals surface area contributed by atoms with Crippen molar-refractivity contribution < 1.29 is 4.74 Å². The van der Waals surface area contributed by atoms with E-state index in [1.165, 1.54) is 0 Å². The van der Waals surface area contributed by atoms with Gasteiger partial charge in [-0.3, -0.25) is 16.3 Å². The lowest BCUT2D eigenvalue weighted by atomic mass is 9.98. The van der Waals surface area contributed by atoms with Crippen LogP contribution in [0, 0.1) is 5.92 Å². The molecule has 0 saturated carbocycles. The molecule has 0 bridgehead atoms. The van der Waals surface area contributed by atoms with E-state index >= 15 is 0 Å². The molecule has 0 aliphatic carbocycles. The Balaban J connectivity index is 2.88. The SMILES string of the molecule is CC(C)Oc1cncc(C(NN)C(C)C)c1. The molecule has 4 heteroatoms. The summed E-state index contributed by atoms with van der Waals surface area (Å²) in [6.45, 7) is 8.21. The van der Waals surface area contributed by atoms with Crippen LogP contribution < -0.4 is 16.0 Å². The molecule has 0 aromatic carbocycles. The molecule has 1 unspecified atom stereocenters. The van der Waals surface area contributed by atoms with Crippen molar-refractivity contribution in [2.24, 2.45) is 11.8 Å². The summed E-state index contributed by atoms with van der Waals surface area (Å²) in [7, 11) is 0. The highest BCUT2D eigenvalue weighted by Gasteiger charge is 2.15. The number of hydrogen-bond donors (Lipinski definition) is 2. The summed E-state index contributed by atoms with van der Waals surface area (Å²) in [5, 5.41) is 0. The summed E-state index contributed by atoms with van der Waals surface area (Å²) in [6.07, 6.45) is 3.69. The van der Waals surface area contributed by atoms with Gasteiger partial charge in [0, 0.05) is 12.2 Å². The fourth-order valence-electron chi connectivity index (χ4n) is 1.62. The molecule has 1 aromatic heterocycles. The van der Waals surface area contributed by atoms with Gasteiger partial charge in [-0.1, -0.05) is 13.8 Å². The molecule has 1 aromatic rings. The smallest absolute Gasteiger partial charge is 0.138 e. The molecule has 16 heavy (non-hydrogen) atoms. The van der Waals surface area contributed by atoms with E-state index in [9.17, 15) is 0 Å². The quantitative estimate of drug-likeness (QED) is 0.592. The molecular formula is C12H21N3O. The fourth-order valence-corrected chi connectivity index (χ4v) is 1.62. The summed E-state index contributed by atoms with van der Waals surface area (Å²) in [6, 6.07) is 2.08. The topological polar surface area (TPSA) is 60.2 Å².